The molecule has 18 heavy (non-hydrogen) atoms. The van der Waals surface area contributed by atoms with Crippen LogP contribution in [0.4, 0.5) is 11.4 Å². The Morgan fingerprint density at radius 3 is 2.72 bits per heavy atom. The number of ether oxygens (including phenoxy) is 1. The summed E-state index contributed by atoms with van der Waals surface area (Å²) in [5.41, 5.74) is 7.44. The molecule has 5 nitrogen and oxygen atoms in total. The second kappa shape index (κ2) is 6.39. The summed E-state index contributed by atoms with van der Waals surface area (Å²) in [7, 11) is 0.456. The van der Waals surface area contributed by atoms with Gasteiger partial charge in [-0.15, -0.1) is 0 Å². The van der Waals surface area contributed by atoms with E-state index in [0.29, 0.717) is 17.0 Å². The highest BCUT2D eigenvalue weighted by Crippen LogP contribution is 2.21. The first-order valence-electron chi connectivity index (χ1n) is 5.48. The highest BCUT2D eigenvalue weighted by Gasteiger charge is 2.10. The number of nitrogens with two attached hydrogens (primary N) is 1. The lowest BCUT2D eigenvalue weighted by atomic mass is 10.1. The van der Waals surface area contributed by atoms with Crippen LogP contribution in [0, 0.1) is 0 Å². The molecule has 0 heterocycles. The summed E-state index contributed by atoms with van der Waals surface area (Å²) in [6.07, 6.45) is 1.65. The van der Waals surface area contributed by atoms with Crippen molar-refractivity contribution in [3.8, 4) is 0 Å². The topological polar surface area (TPSA) is 81.4 Å². The van der Waals surface area contributed by atoms with E-state index in [-0.39, 0.29) is 6.04 Å². The first-order chi connectivity index (χ1) is 8.43. The van der Waals surface area contributed by atoms with Crippen molar-refractivity contribution in [3.63, 3.8) is 0 Å². The largest absolute Gasteiger partial charge is 0.465 e. The predicted molar refractivity (Wildman–Crippen MR) is 74.2 cm³/mol. The SMILES string of the molecule is COC(=O)c1ccc(NC(C)CS(C)=O)c(N)c1. The van der Waals surface area contributed by atoms with Gasteiger partial charge in [-0.05, 0) is 25.1 Å². The lowest BCUT2D eigenvalue weighted by Crippen LogP contribution is -2.22. The van der Waals surface area contributed by atoms with Crippen molar-refractivity contribution in [3.05, 3.63) is 23.8 Å². The summed E-state index contributed by atoms with van der Waals surface area (Å²) in [6, 6.07) is 4.96. The number of anilines is 2. The summed E-state index contributed by atoms with van der Waals surface area (Å²) >= 11 is 0. The van der Waals surface area contributed by atoms with Gasteiger partial charge in [-0.2, -0.15) is 0 Å². The smallest absolute Gasteiger partial charge is 0.337 e. The van der Waals surface area contributed by atoms with E-state index >= 15 is 0 Å². The Kier molecular flexibility index (Phi) is 5.15. The summed E-state index contributed by atoms with van der Waals surface area (Å²) in [5, 5.41) is 3.16. The molecule has 1 aromatic rings. The average Bonchev–Trinajstić information content (AvgIpc) is 2.29. The standard InChI is InChI=1S/C12H18N2O3S/c1-8(7-18(3)16)14-11-5-4-9(6-10(11)13)12(15)17-2/h4-6,8,14H,7,13H2,1-3H3. The van der Waals surface area contributed by atoms with Crippen molar-refractivity contribution in [2.75, 3.05) is 30.2 Å². The van der Waals surface area contributed by atoms with E-state index in [1.807, 2.05) is 6.92 Å². The molecule has 0 aromatic heterocycles. The second-order valence-electron chi connectivity index (χ2n) is 4.08. The van der Waals surface area contributed by atoms with Crippen LogP contribution in [-0.2, 0) is 15.5 Å². The minimum Gasteiger partial charge on any atom is -0.465 e. The molecule has 6 heteroatoms. The second-order valence-corrected chi connectivity index (χ2v) is 5.56. The minimum atomic E-state index is -0.867. The minimum absolute atomic E-state index is 0.0436. The molecular weight excluding hydrogens is 252 g/mol. The fourth-order valence-corrected chi connectivity index (χ4v) is 2.39. The number of esters is 1. The quantitative estimate of drug-likeness (QED) is 0.621. The Hall–Kier alpha value is -1.56. The number of hydrogen-bond donors (Lipinski definition) is 2. The highest BCUT2D eigenvalue weighted by atomic mass is 32.2. The van der Waals surface area contributed by atoms with E-state index in [1.54, 1.807) is 24.5 Å². The van der Waals surface area contributed by atoms with Crippen LogP contribution in [0.3, 0.4) is 0 Å². The Balaban J connectivity index is 2.79. The van der Waals surface area contributed by atoms with Crippen molar-refractivity contribution in [1.82, 2.24) is 0 Å². The molecule has 0 spiro atoms. The Bertz CT molecular complexity index is 463. The third-order valence-electron chi connectivity index (χ3n) is 2.36. The fourth-order valence-electron chi connectivity index (χ4n) is 1.60. The molecule has 0 aliphatic heterocycles. The van der Waals surface area contributed by atoms with Crippen molar-refractivity contribution in [2.45, 2.75) is 13.0 Å². The molecule has 1 rings (SSSR count). The van der Waals surface area contributed by atoms with Crippen LogP contribution in [0.15, 0.2) is 18.2 Å². The first kappa shape index (κ1) is 14.5. The highest BCUT2D eigenvalue weighted by molar-refractivity contribution is 7.84. The van der Waals surface area contributed by atoms with Crippen LogP contribution in [0.2, 0.25) is 0 Å². The van der Waals surface area contributed by atoms with E-state index in [9.17, 15) is 9.00 Å². The van der Waals surface area contributed by atoms with Gasteiger partial charge in [-0.25, -0.2) is 4.79 Å². The summed E-state index contributed by atoms with van der Waals surface area (Å²) in [4.78, 5) is 11.3. The first-order valence-corrected chi connectivity index (χ1v) is 7.21. The molecule has 0 fully saturated rings. The molecule has 0 saturated heterocycles. The van der Waals surface area contributed by atoms with E-state index in [4.69, 9.17) is 5.73 Å². The van der Waals surface area contributed by atoms with Crippen LogP contribution < -0.4 is 11.1 Å². The monoisotopic (exact) mass is 270 g/mol. The molecule has 0 saturated carbocycles. The number of carbonyl (C=O) groups excluding carboxylic acids is 1. The van der Waals surface area contributed by atoms with Gasteiger partial charge in [0.1, 0.15) is 0 Å². The number of methoxy groups -OCH3 is 1. The summed E-state index contributed by atoms with van der Waals surface area (Å²) < 4.78 is 15.7. The van der Waals surface area contributed by atoms with E-state index in [1.165, 1.54) is 7.11 Å². The zero-order valence-corrected chi connectivity index (χ0v) is 11.5. The van der Waals surface area contributed by atoms with Gasteiger partial charge < -0.3 is 15.8 Å². The van der Waals surface area contributed by atoms with Crippen molar-refractivity contribution in [1.29, 1.82) is 0 Å². The molecule has 2 atom stereocenters. The lowest BCUT2D eigenvalue weighted by Gasteiger charge is -2.16. The van der Waals surface area contributed by atoms with Gasteiger partial charge in [0.05, 0.1) is 24.0 Å². The molecule has 1 aromatic carbocycles. The molecular formula is C12H18N2O3S. The number of benzene rings is 1. The van der Waals surface area contributed by atoms with Crippen LogP contribution in [0.5, 0.6) is 0 Å². The summed E-state index contributed by atoms with van der Waals surface area (Å²) in [6.45, 7) is 1.93. The number of hydrogen-bond acceptors (Lipinski definition) is 5. The van der Waals surface area contributed by atoms with Gasteiger partial charge in [0.15, 0.2) is 0 Å². The van der Waals surface area contributed by atoms with E-state index in [0.717, 1.165) is 5.69 Å². The fraction of sp³-hybridized carbons (Fsp3) is 0.417. The van der Waals surface area contributed by atoms with Crippen molar-refractivity contribution >= 4 is 28.1 Å². The van der Waals surface area contributed by atoms with Crippen LogP contribution in [-0.4, -0.2) is 35.3 Å². The zero-order valence-electron chi connectivity index (χ0n) is 10.7. The third kappa shape index (κ3) is 4.03. The lowest BCUT2D eigenvalue weighted by molar-refractivity contribution is 0.0601. The molecule has 3 N–H and O–H groups in total. The van der Waals surface area contributed by atoms with Crippen LogP contribution in [0.25, 0.3) is 0 Å². The average molecular weight is 270 g/mol. The van der Waals surface area contributed by atoms with Crippen LogP contribution >= 0.6 is 0 Å². The predicted octanol–water partition coefficient (Wildman–Crippen LogP) is 1.23. The Morgan fingerprint density at radius 1 is 1.56 bits per heavy atom. The van der Waals surface area contributed by atoms with Crippen molar-refractivity contribution < 1.29 is 13.7 Å². The molecule has 0 radical (unpaired) electrons. The molecule has 0 bridgehead atoms. The number of rotatable bonds is 5. The maximum atomic E-state index is 11.3. The number of nitrogens with one attached hydrogen (secondary N) is 1. The summed E-state index contributed by atoms with van der Waals surface area (Å²) in [5.74, 6) is 0.119. The maximum absolute atomic E-state index is 11.3. The third-order valence-corrected chi connectivity index (χ3v) is 3.33. The van der Waals surface area contributed by atoms with Gasteiger partial charge in [0, 0.05) is 28.9 Å². The molecule has 0 aliphatic rings. The Morgan fingerprint density at radius 2 is 2.22 bits per heavy atom. The van der Waals surface area contributed by atoms with Gasteiger partial charge in [-0.1, -0.05) is 0 Å². The molecule has 2 unspecified atom stereocenters. The number of carbonyl (C=O) groups is 1. The van der Waals surface area contributed by atoms with Gasteiger partial charge in [-0.3, -0.25) is 4.21 Å². The van der Waals surface area contributed by atoms with Gasteiger partial charge >= 0.3 is 5.97 Å². The van der Waals surface area contributed by atoms with E-state index in [2.05, 4.69) is 10.1 Å². The normalized spacial score (nSPS) is 13.7. The van der Waals surface area contributed by atoms with Crippen LogP contribution in [0.1, 0.15) is 17.3 Å². The number of nitrogen functional groups attached to an aromatic ring is 1. The van der Waals surface area contributed by atoms with Crippen molar-refractivity contribution in [2.24, 2.45) is 0 Å². The van der Waals surface area contributed by atoms with Gasteiger partial charge in [0.25, 0.3) is 0 Å². The molecule has 0 aliphatic carbocycles. The molecule has 0 amide bonds. The van der Waals surface area contributed by atoms with Gasteiger partial charge in [0.2, 0.25) is 0 Å². The van der Waals surface area contributed by atoms with E-state index < -0.39 is 16.8 Å². The Labute approximate surface area is 109 Å². The zero-order chi connectivity index (χ0) is 13.7. The maximum Gasteiger partial charge on any atom is 0.337 e. The molecule has 100 valence electrons.